The Balaban J connectivity index is 2.28. The molecule has 0 bridgehead atoms. The zero-order chi connectivity index (χ0) is 14.3. The molecule has 1 saturated carbocycles. The van der Waals surface area contributed by atoms with Gasteiger partial charge in [-0.1, -0.05) is 0 Å². The van der Waals surface area contributed by atoms with Crippen LogP contribution in [0.15, 0.2) is 12.1 Å². The predicted molar refractivity (Wildman–Crippen MR) is 66.0 cm³/mol. The maximum absolute atomic E-state index is 13.2. The fourth-order valence-corrected chi connectivity index (χ4v) is 2.64. The Morgan fingerprint density at radius 1 is 1.32 bits per heavy atom. The first-order valence-electron chi connectivity index (χ1n) is 6.20. The molecule has 0 atom stereocenters. The third-order valence-corrected chi connectivity index (χ3v) is 3.90. The number of esters is 1. The number of ether oxygens (including phenoxy) is 1. The summed E-state index contributed by atoms with van der Waals surface area (Å²) in [7, 11) is 3.00. The highest BCUT2D eigenvalue weighted by atomic mass is 19.3. The molecule has 2 N–H and O–H groups in total. The summed E-state index contributed by atoms with van der Waals surface area (Å²) in [5.74, 6) is -3.09. The smallest absolute Gasteiger partial charge is 0.354 e. The molecule has 0 aliphatic heterocycles. The van der Waals surface area contributed by atoms with Crippen LogP contribution in [0.25, 0.3) is 0 Å². The molecule has 1 heterocycles. The van der Waals surface area contributed by atoms with E-state index in [2.05, 4.69) is 4.74 Å². The van der Waals surface area contributed by atoms with E-state index in [1.54, 1.807) is 23.7 Å². The van der Waals surface area contributed by atoms with Crippen LogP contribution in [0, 0.1) is 0 Å². The van der Waals surface area contributed by atoms with E-state index < -0.39 is 17.4 Å². The molecule has 0 aromatic carbocycles. The molecular weight excluding hydrogens is 254 g/mol. The van der Waals surface area contributed by atoms with Gasteiger partial charge in [-0.3, -0.25) is 0 Å². The molecule has 0 amide bonds. The number of carbonyl (C=O) groups excluding carboxylic acids is 1. The summed E-state index contributed by atoms with van der Waals surface area (Å²) in [6.45, 7) is 0. The van der Waals surface area contributed by atoms with E-state index in [9.17, 15) is 13.6 Å². The van der Waals surface area contributed by atoms with Crippen molar-refractivity contribution in [1.29, 1.82) is 0 Å². The zero-order valence-electron chi connectivity index (χ0n) is 11.1. The molecule has 2 rings (SSSR count). The minimum absolute atomic E-state index is 0.207. The first-order chi connectivity index (χ1) is 8.79. The Hall–Kier alpha value is -1.43. The highest BCUT2D eigenvalue weighted by Gasteiger charge is 2.43. The van der Waals surface area contributed by atoms with Gasteiger partial charge in [0.1, 0.15) is 5.69 Å². The molecular formula is C13H18F2N2O2. The van der Waals surface area contributed by atoms with Gasteiger partial charge in [0, 0.05) is 25.6 Å². The molecule has 0 unspecified atom stereocenters. The summed E-state index contributed by atoms with van der Waals surface area (Å²) in [5.41, 5.74) is 6.52. The minimum atomic E-state index is -2.63. The van der Waals surface area contributed by atoms with Crippen LogP contribution in [0.2, 0.25) is 0 Å². The molecule has 1 aromatic heterocycles. The van der Waals surface area contributed by atoms with Crippen LogP contribution in [0.3, 0.4) is 0 Å². The summed E-state index contributed by atoms with van der Waals surface area (Å²) in [6.07, 6.45) is -0.0264. The van der Waals surface area contributed by atoms with E-state index >= 15 is 0 Å². The molecule has 0 spiro atoms. The second-order valence-electron chi connectivity index (χ2n) is 5.17. The van der Waals surface area contributed by atoms with Gasteiger partial charge in [0.05, 0.1) is 12.6 Å². The van der Waals surface area contributed by atoms with Crippen molar-refractivity contribution in [1.82, 2.24) is 4.57 Å². The maximum Gasteiger partial charge on any atom is 0.354 e. The van der Waals surface area contributed by atoms with E-state index in [1.165, 1.54) is 7.11 Å². The number of nitrogens with zero attached hydrogens (tertiary/aromatic N) is 1. The Morgan fingerprint density at radius 3 is 2.42 bits per heavy atom. The lowest BCUT2D eigenvalue weighted by atomic mass is 9.78. The van der Waals surface area contributed by atoms with Gasteiger partial charge in [-0.2, -0.15) is 0 Å². The predicted octanol–water partition coefficient (Wildman–Crippen LogP) is 2.17. The third-order valence-electron chi connectivity index (χ3n) is 3.90. The van der Waals surface area contributed by atoms with Gasteiger partial charge in [-0.25, -0.2) is 13.6 Å². The lowest BCUT2D eigenvalue weighted by molar-refractivity contribution is -0.0522. The largest absolute Gasteiger partial charge is 0.464 e. The summed E-state index contributed by atoms with van der Waals surface area (Å²) < 4.78 is 32.7. The Kier molecular flexibility index (Phi) is 3.38. The Labute approximate surface area is 110 Å². The van der Waals surface area contributed by atoms with Crippen LogP contribution in [0.1, 0.15) is 41.9 Å². The van der Waals surface area contributed by atoms with Gasteiger partial charge < -0.3 is 15.0 Å². The van der Waals surface area contributed by atoms with E-state index in [4.69, 9.17) is 5.73 Å². The normalized spacial score (nSPS) is 21.1. The van der Waals surface area contributed by atoms with Gasteiger partial charge in [0.15, 0.2) is 0 Å². The van der Waals surface area contributed by atoms with Crippen molar-refractivity contribution < 1.29 is 18.3 Å². The number of methoxy groups -OCH3 is 1. The molecule has 1 aromatic rings. The number of carbonyl (C=O) groups is 1. The number of aromatic nitrogens is 1. The molecule has 106 valence electrons. The molecule has 19 heavy (non-hydrogen) atoms. The van der Waals surface area contributed by atoms with Gasteiger partial charge >= 0.3 is 5.97 Å². The molecule has 6 heteroatoms. The fourth-order valence-electron chi connectivity index (χ4n) is 2.64. The maximum atomic E-state index is 13.2. The van der Waals surface area contributed by atoms with Crippen molar-refractivity contribution >= 4 is 5.97 Å². The van der Waals surface area contributed by atoms with Crippen LogP contribution >= 0.6 is 0 Å². The summed E-state index contributed by atoms with van der Waals surface area (Å²) >= 11 is 0. The van der Waals surface area contributed by atoms with Gasteiger partial charge in [0.2, 0.25) is 5.92 Å². The van der Waals surface area contributed by atoms with E-state index in [0.717, 1.165) is 0 Å². The quantitative estimate of drug-likeness (QED) is 0.839. The first kappa shape index (κ1) is 14.0. The molecule has 1 aliphatic rings. The molecule has 1 aliphatic carbocycles. The number of nitrogens with two attached hydrogens (primary N) is 1. The van der Waals surface area contributed by atoms with Crippen LogP contribution in [-0.2, 0) is 17.3 Å². The number of halogens is 2. The lowest BCUT2D eigenvalue weighted by Crippen LogP contribution is -2.44. The van der Waals surface area contributed by atoms with Crippen molar-refractivity contribution in [3.05, 3.63) is 23.5 Å². The summed E-state index contributed by atoms with van der Waals surface area (Å²) in [5, 5.41) is 0. The summed E-state index contributed by atoms with van der Waals surface area (Å²) in [4.78, 5) is 11.5. The summed E-state index contributed by atoms with van der Waals surface area (Å²) in [6, 6.07) is 3.33. The van der Waals surface area contributed by atoms with Gasteiger partial charge in [-0.15, -0.1) is 0 Å². The minimum Gasteiger partial charge on any atom is -0.464 e. The highest BCUT2D eigenvalue weighted by Crippen LogP contribution is 2.42. The number of hydrogen-bond acceptors (Lipinski definition) is 3. The van der Waals surface area contributed by atoms with E-state index in [-0.39, 0.29) is 25.7 Å². The van der Waals surface area contributed by atoms with Crippen LogP contribution in [0.5, 0.6) is 0 Å². The van der Waals surface area contributed by atoms with E-state index in [0.29, 0.717) is 11.4 Å². The van der Waals surface area contributed by atoms with Gasteiger partial charge in [0.25, 0.3) is 0 Å². The highest BCUT2D eigenvalue weighted by molar-refractivity contribution is 5.87. The first-order valence-corrected chi connectivity index (χ1v) is 6.20. The fraction of sp³-hybridized carbons (Fsp3) is 0.615. The average molecular weight is 272 g/mol. The Morgan fingerprint density at radius 2 is 1.89 bits per heavy atom. The van der Waals surface area contributed by atoms with Crippen LogP contribution < -0.4 is 5.73 Å². The second-order valence-corrected chi connectivity index (χ2v) is 5.17. The van der Waals surface area contributed by atoms with Crippen molar-refractivity contribution in [2.45, 2.75) is 37.1 Å². The molecule has 1 fully saturated rings. The number of alkyl halides is 2. The second kappa shape index (κ2) is 4.59. The van der Waals surface area contributed by atoms with Crippen molar-refractivity contribution in [3.8, 4) is 0 Å². The SMILES string of the molecule is COC(=O)c1ccc(C2(N)CCC(F)(F)CC2)n1C. The zero-order valence-corrected chi connectivity index (χ0v) is 11.1. The van der Waals surface area contributed by atoms with E-state index in [1.807, 2.05) is 0 Å². The van der Waals surface area contributed by atoms with Crippen molar-refractivity contribution in [2.75, 3.05) is 7.11 Å². The monoisotopic (exact) mass is 272 g/mol. The van der Waals surface area contributed by atoms with Crippen LogP contribution in [0.4, 0.5) is 8.78 Å². The van der Waals surface area contributed by atoms with Crippen molar-refractivity contribution in [2.24, 2.45) is 12.8 Å². The van der Waals surface area contributed by atoms with Crippen molar-refractivity contribution in [3.63, 3.8) is 0 Å². The van der Waals surface area contributed by atoms with Gasteiger partial charge in [-0.05, 0) is 25.0 Å². The molecule has 4 nitrogen and oxygen atoms in total. The molecule has 0 radical (unpaired) electrons. The lowest BCUT2D eigenvalue weighted by Gasteiger charge is -2.37. The standard InChI is InChI=1S/C13H18F2N2O2/c1-17-9(11(18)19-2)3-4-10(17)12(16)5-7-13(14,15)8-6-12/h3-4H,5-8,16H2,1-2H3. The Bertz CT molecular complexity index is 487. The topological polar surface area (TPSA) is 57.2 Å². The average Bonchev–Trinajstić information content (AvgIpc) is 2.75. The number of rotatable bonds is 2. The van der Waals surface area contributed by atoms with Crippen LogP contribution in [-0.4, -0.2) is 23.6 Å². The number of hydrogen-bond donors (Lipinski definition) is 1. The third kappa shape index (κ3) is 2.49. The molecule has 0 saturated heterocycles.